The molecule has 7 heteroatoms. The van der Waals surface area contributed by atoms with Crippen molar-refractivity contribution < 1.29 is 14.6 Å². The summed E-state index contributed by atoms with van der Waals surface area (Å²) in [6.45, 7) is 4.13. The van der Waals surface area contributed by atoms with E-state index in [-0.39, 0.29) is 5.56 Å². The van der Waals surface area contributed by atoms with Crippen LogP contribution in [-0.4, -0.2) is 46.8 Å². The molecule has 34 heavy (non-hydrogen) atoms. The first-order valence-electron chi connectivity index (χ1n) is 11.6. The molecule has 0 aliphatic carbocycles. The van der Waals surface area contributed by atoms with Crippen LogP contribution in [0.25, 0.3) is 10.9 Å². The zero-order chi connectivity index (χ0) is 23.5. The minimum absolute atomic E-state index is 0.209. The second-order valence-electron chi connectivity index (χ2n) is 8.72. The molecule has 1 aliphatic rings. The van der Waals surface area contributed by atoms with E-state index in [2.05, 4.69) is 45.3 Å². The quantitative estimate of drug-likeness (QED) is 0.309. The number of aromatic carboxylic acids is 1. The van der Waals surface area contributed by atoms with Crippen molar-refractivity contribution in [2.45, 2.75) is 25.3 Å². The Hall–Kier alpha value is -2.80. The lowest BCUT2D eigenvalue weighted by atomic mass is 9.89. The van der Waals surface area contributed by atoms with E-state index in [4.69, 9.17) is 16.3 Å². The molecule has 0 atom stereocenters. The maximum Gasteiger partial charge on any atom is 0.339 e. The predicted molar refractivity (Wildman–Crippen MR) is 138 cm³/mol. The number of carboxylic acid groups (broad SMARTS) is 1. The average Bonchev–Trinajstić information content (AvgIpc) is 3.48. The molecule has 0 spiro atoms. The van der Waals surface area contributed by atoms with Gasteiger partial charge in [-0.15, -0.1) is 11.3 Å². The van der Waals surface area contributed by atoms with Gasteiger partial charge in [0.2, 0.25) is 0 Å². The highest BCUT2D eigenvalue weighted by molar-refractivity contribution is 7.09. The van der Waals surface area contributed by atoms with Crippen LogP contribution in [-0.2, 0) is 6.54 Å². The van der Waals surface area contributed by atoms with Gasteiger partial charge in [-0.1, -0.05) is 35.9 Å². The molecule has 2 aromatic carbocycles. The van der Waals surface area contributed by atoms with E-state index in [1.807, 2.05) is 6.07 Å². The number of fused-ring (bicyclic) bond motifs is 1. The number of ether oxygens (including phenoxy) is 1. The molecule has 1 N–H and O–H groups in total. The Morgan fingerprint density at radius 3 is 2.71 bits per heavy atom. The van der Waals surface area contributed by atoms with Crippen molar-refractivity contribution in [2.24, 2.45) is 0 Å². The Balaban J connectivity index is 1.23. The molecule has 0 saturated carbocycles. The van der Waals surface area contributed by atoms with Gasteiger partial charge in [0.25, 0.3) is 0 Å². The van der Waals surface area contributed by atoms with E-state index in [0.717, 1.165) is 44.0 Å². The molecule has 1 saturated heterocycles. The number of thiophene rings is 1. The van der Waals surface area contributed by atoms with Crippen LogP contribution in [0.1, 0.15) is 39.6 Å². The minimum Gasteiger partial charge on any atom is -0.491 e. The van der Waals surface area contributed by atoms with Crippen LogP contribution in [0.2, 0.25) is 5.02 Å². The zero-order valence-corrected chi connectivity index (χ0v) is 20.4. The Kier molecular flexibility index (Phi) is 6.90. The number of aromatic nitrogens is 1. The molecule has 0 radical (unpaired) electrons. The van der Waals surface area contributed by atoms with Crippen molar-refractivity contribution >= 4 is 39.8 Å². The van der Waals surface area contributed by atoms with Gasteiger partial charge in [0.15, 0.2) is 0 Å². The lowest BCUT2D eigenvalue weighted by molar-refractivity contribution is 0.0691. The minimum atomic E-state index is -0.962. The van der Waals surface area contributed by atoms with Gasteiger partial charge in [-0.2, -0.15) is 0 Å². The molecular formula is C27H27ClN2O3S. The third-order valence-electron chi connectivity index (χ3n) is 6.59. The zero-order valence-electron chi connectivity index (χ0n) is 18.8. The number of carboxylic acids is 1. The fraction of sp³-hybridized carbons (Fsp3) is 0.296. The van der Waals surface area contributed by atoms with Gasteiger partial charge in [-0.3, -0.25) is 4.90 Å². The molecular weight excluding hydrogens is 468 g/mol. The molecule has 2 aromatic heterocycles. The fourth-order valence-electron chi connectivity index (χ4n) is 4.84. The van der Waals surface area contributed by atoms with Crippen LogP contribution in [0.4, 0.5) is 0 Å². The normalized spacial score (nSPS) is 15.1. The number of para-hydroxylation sites is 1. The van der Waals surface area contributed by atoms with Gasteiger partial charge in [0.05, 0.1) is 12.1 Å². The summed E-state index contributed by atoms with van der Waals surface area (Å²) in [7, 11) is 0. The number of benzene rings is 2. The Labute approximate surface area is 208 Å². The van der Waals surface area contributed by atoms with Crippen LogP contribution in [0.5, 0.6) is 5.75 Å². The number of carbonyl (C=O) groups is 1. The molecule has 0 unspecified atom stereocenters. The average molecular weight is 495 g/mol. The first-order chi connectivity index (χ1) is 16.6. The van der Waals surface area contributed by atoms with Gasteiger partial charge in [-0.05, 0) is 73.1 Å². The van der Waals surface area contributed by atoms with Crippen LogP contribution in [0, 0.1) is 0 Å². The van der Waals surface area contributed by atoms with Gasteiger partial charge in [-0.25, -0.2) is 4.79 Å². The molecule has 1 fully saturated rings. The predicted octanol–water partition coefficient (Wildman–Crippen LogP) is 6.36. The second kappa shape index (κ2) is 10.2. The van der Waals surface area contributed by atoms with E-state index in [1.54, 1.807) is 35.6 Å². The Morgan fingerprint density at radius 2 is 1.94 bits per heavy atom. The summed E-state index contributed by atoms with van der Waals surface area (Å²) in [5, 5.41) is 13.5. The Bertz CT molecular complexity index is 1280. The molecule has 0 bridgehead atoms. The molecule has 1 aliphatic heterocycles. The van der Waals surface area contributed by atoms with E-state index < -0.39 is 5.97 Å². The third kappa shape index (κ3) is 4.99. The first kappa shape index (κ1) is 23.0. The van der Waals surface area contributed by atoms with Crippen LogP contribution >= 0.6 is 22.9 Å². The van der Waals surface area contributed by atoms with E-state index >= 15 is 0 Å². The monoisotopic (exact) mass is 494 g/mol. The summed E-state index contributed by atoms with van der Waals surface area (Å²) in [4.78, 5) is 15.1. The number of piperidine rings is 1. The SMILES string of the molecule is O=C(O)c1ccccc1OCCN1CCC(c2cn(Cc3cccs3)c3cc(Cl)ccc23)CC1. The first-order valence-corrected chi connectivity index (χ1v) is 12.8. The van der Waals surface area contributed by atoms with Crippen molar-refractivity contribution in [3.63, 3.8) is 0 Å². The molecule has 5 nitrogen and oxygen atoms in total. The molecule has 176 valence electrons. The van der Waals surface area contributed by atoms with Gasteiger partial charge in [0.1, 0.15) is 17.9 Å². The Morgan fingerprint density at radius 1 is 1.12 bits per heavy atom. The van der Waals surface area contributed by atoms with Crippen molar-refractivity contribution in [1.82, 2.24) is 9.47 Å². The highest BCUT2D eigenvalue weighted by Crippen LogP contribution is 2.36. The lowest BCUT2D eigenvalue weighted by Gasteiger charge is -2.31. The summed E-state index contributed by atoms with van der Waals surface area (Å²) in [5.74, 6) is -0.0174. The smallest absolute Gasteiger partial charge is 0.339 e. The maximum absolute atomic E-state index is 11.4. The summed E-state index contributed by atoms with van der Waals surface area (Å²) >= 11 is 8.12. The van der Waals surface area contributed by atoms with Gasteiger partial charge in [0, 0.05) is 28.0 Å². The summed E-state index contributed by atoms with van der Waals surface area (Å²) in [5.41, 5.74) is 2.82. The number of halogens is 1. The van der Waals surface area contributed by atoms with Crippen molar-refractivity contribution in [3.05, 3.63) is 87.2 Å². The number of likely N-dealkylation sites (tertiary alicyclic amines) is 1. The van der Waals surface area contributed by atoms with Crippen LogP contribution < -0.4 is 4.74 Å². The maximum atomic E-state index is 11.4. The third-order valence-corrected chi connectivity index (χ3v) is 7.69. The summed E-state index contributed by atoms with van der Waals surface area (Å²) in [6.07, 6.45) is 4.51. The molecule has 5 rings (SSSR count). The standard InChI is InChI=1S/C27H27ClN2O3S/c28-20-7-8-22-24(18-30(25(22)16-20)17-21-4-3-15-34-21)19-9-11-29(12-10-19)13-14-33-26-6-2-1-5-23(26)27(31)32/h1-8,15-16,18-19H,9-14,17H2,(H,31,32). The van der Waals surface area contributed by atoms with Crippen LogP contribution in [0.3, 0.4) is 0 Å². The number of hydrogen-bond donors (Lipinski definition) is 1. The summed E-state index contributed by atoms with van der Waals surface area (Å²) in [6, 6.07) is 17.3. The topological polar surface area (TPSA) is 54.7 Å². The van der Waals surface area contributed by atoms with E-state index in [1.165, 1.54) is 21.3 Å². The van der Waals surface area contributed by atoms with Gasteiger partial charge >= 0.3 is 5.97 Å². The van der Waals surface area contributed by atoms with Crippen molar-refractivity contribution in [2.75, 3.05) is 26.2 Å². The molecule has 0 amide bonds. The van der Waals surface area contributed by atoms with Gasteiger partial charge < -0.3 is 14.4 Å². The lowest BCUT2D eigenvalue weighted by Crippen LogP contribution is -2.35. The van der Waals surface area contributed by atoms with E-state index in [0.29, 0.717) is 18.3 Å². The molecule has 3 heterocycles. The highest BCUT2D eigenvalue weighted by Gasteiger charge is 2.24. The summed E-state index contributed by atoms with van der Waals surface area (Å²) < 4.78 is 8.13. The largest absolute Gasteiger partial charge is 0.491 e. The van der Waals surface area contributed by atoms with Crippen molar-refractivity contribution in [3.8, 4) is 5.75 Å². The van der Waals surface area contributed by atoms with Crippen molar-refractivity contribution in [1.29, 1.82) is 0 Å². The molecule has 4 aromatic rings. The number of nitrogens with zero attached hydrogens (tertiary/aromatic N) is 2. The van der Waals surface area contributed by atoms with Crippen LogP contribution in [0.15, 0.2) is 66.2 Å². The highest BCUT2D eigenvalue weighted by atomic mass is 35.5. The fourth-order valence-corrected chi connectivity index (χ4v) is 5.71. The second-order valence-corrected chi connectivity index (χ2v) is 10.2. The number of hydrogen-bond acceptors (Lipinski definition) is 4. The number of rotatable bonds is 8. The van der Waals surface area contributed by atoms with E-state index in [9.17, 15) is 9.90 Å².